The summed E-state index contributed by atoms with van der Waals surface area (Å²) in [7, 11) is 1.66. The first-order valence-electron chi connectivity index (χ1n) is 6.95. The van der Waals surface area contributed by atoms with E-state index in [4.69, 9.17) is 15.2 Å². The van der Waals surface area contributed by atoms with Crippen LogP contribution in [0.2, 0.25) is 0 Å². The Kier molecular flexibility index (Phi) is 5.65. The van der Waals surface area contributed by atoms with Gasteiger partial charge in [0.2, 0.25) is 0 Å². The van der Waals surface area contributed by atoms with Crippen molar-refractivity contribution in [3.8, 4) is 11.5 Å². The fourth-order valence-corrected chi connectivity index (χ4v) is 2.58. The van der Waals surface area contributed by atoms with Crippen LogP contribution in [0.3, 0.4) is 0 Å². The molecule has 0 atom stereocenters. The molecule has 2 aromatic rings. The van der Waals surface area contributed by atoms with E-state index in [1.807, 2.05) is 30.3 Å². The molecule has 0 unspecified atom stereocenters. The van der Waals surface area contributed by atoms with Crippen LogP contribution in [0.5, 0.6) is 11.5 Å². The molecule has 0 aliphatic heterocycles. The van der Waals surface area contributed by atoms with E-state index in [0.717, 1.165) is 33.5 Å². The molecule has 3 nitrogen and oxygen atoms in total. The molecular weight excluding hydrogens is 330 g/mol. The summed E-state index contributed by atoms with van der Waals surface area (Å²) in [6.45, 7) is 3.13. The molecule has 0 saturated carbocycles. The third-order valence-electron chi connectivity index (χ3n) is 3.37. The minimum atomic E-state index is 0.479. The maximum Gasteiger partial charge on any atom is 0.161 e. The maximum atomic E-state index is 5.88. The standard InChI is InChI=1S/C17H20BrNO2/c1-3-12-5-7-16(17(9-12)20-2)21-11-14-6-4-13(10-19)8-15(14)18/h4-9H,3,10-11,19H2,1-2H3. The largest absolute Gasteiger partial charge is 0.493 e. The van der Waals surface area contributed by atoms with Crippen molar-refractivity contribution >= 4 is 15.9 Å². The van der Waals surface area contributed by atoms with Crippen LogP contribution in [0.4, 0.5) is 0 Å². The molecule has 2 aromatic carbocycles. The number of rotatable bonds is 6. The summed E-state index contributed by atoms with van der Waals surface area (Å²) in [6.07, 6.45) is 0.975. The van der Waals surface area contributed by atoms with E-state index in [1.165, 1.54) is 5.56 Å². The van der Waals surface area contributed by atoms with Crippen LogP contribution in [0.1, 0.15) is 23.6 Å². The van der Waals surface area contributed by atoms with Crippen LogP contribution in [0.15, 0.2) is 40.9 Å². The molecule has 0 spiro atoms. The highest BCUT2D eigenvalue weighted by atomic mass is 79.9. The van der Waals surface area contributed by atoms with Gasteiger partial charge in [0.05, 0.1) is 7.11 Å². The van der Waals surface area contributed by atoms with Gasteiger partial charge in [0.25, 0.3) is 0 Å². The van der Waals surface area contributed by atoms with E-state index in [2.05, 4.69) is 28.9 Å². The van der Waals surface area contributed by atoms with Gasteiger partial charge in [-0.3, -0.25) is 0 Å². The Hall–Kier alpha value is -1.52. The van der Waals surface area contributed by atoms with Gasteiger partial charge in [-0.25, -0.2) is 0 Å². The number of nitrogens with two attached hydrogens (primary N) is 1. The van der Waals surface area contributed by atoms with Crippen molar-refractivity contribution in [2.75, 3.05) is 7.11 Å². The van der Waals surface area contributed by atoms with Gasteiger partial charge in [-0.1, -0.05) is 41.1 Å². The molecule has 0 radical (unpaired) electrons. The van der Waals surface area contributed by atoms with Gasteiger partial charge >= 0.3 is 0 Å². The monoisotopic (exact) mass is 349 g/mol. The maximum absolute atomic E-state index is 5.88. The second-order valence-electron chi connectivity index (χ2n) is 4.76. The number of benzene rings is 2. The number of hydrogen-bond donors (Lipinski definition) is 1. The number of ether oxygens (including phenoxy) is 2. The molecule has 0 amide bonds. The fraction of sp³-hybridized carbons (Fsp3) is 0.294. The Bertz CT molecular complexity index is 614. The highest BCUT2D eigenvalue weighted by molar-refractivity contribution is 9.10. The number of aryl methyl sites for hydroxylation is 1. The predicted molar refractivity (Wildman–Crippen MR) is 88.7 cm³/mol. The van der Waals surface area contributed by atoms with Gasteiger partial charge in [-0.2, -0.15) is 0 Å². The zero-order valence-corrected chi connectivity index (χ0v) is 13.9. The van der Waals surface area contributed by atoms with Crippen molar-refractivity contribution in [2.45, 2.75) is 26.5 Å². The molecule has 0 aliphatic carbocycles. The van der Waals surface area contributed by atoms with E-state index >= 15 is 0 Å². The van der Waals surface area contributed by atoms with Crippen LogP contribution in [0.25, 0.3) is 0 Å². The third kappa shape index (κ3) is 3.99. The molecule has 4 heteroatoms. The van der Waals surface area contributed by atoms with Crippen molar-refractivity contribution in [3.05, 3.63) is 57.6 Å². The topological polar surface area (TPSA) is 44.5 Å². The highest BCUT2D eigenvalue weighted by Crippen LogP contribution is 2.30. The first-order valence-corrected chi connectivity index (χ1v) is 7.74. The Labute approximate surface area is 134 Å². The quantitative estimate of drug-likeness (QED) is 0.855. The summed E-state index contributed by atoms with van der Waals surface area (Å²) in [5.74, 6) is 1.52. The molecule has 0 aromatic heterocycles. The van der Waals surface area contributed by atoms with E-state index in [-0.39, 0.29) is 0 Å². The second kappa shape index (κ2) is 7.48. The number of halogens is 1. The second-order valence-corrected chi connectivity index (χ2v) is 5.61. The van der Waals surface area contributed by atoms with E-state index in [0.29, 0.717) is 13.2 Å². The average molecular weight is 350 g/mol. The lowest BCUT2D eigenvalue weighted by atomic mass is 10.1. The van der Waals surface area contributed by atoms with Gasteiger partial charge in [-0.15, -0.1) is 0 Å². The smallest absolute Gasteiger partial charge is 0.161 e. The van der Waals surface area contributed by atoms with Gasteiger partial charge in [0.15, 0.2) is 11.5 Å². The summed E-state index contributed by atoms with van der Waals surface area (Å²) in [6, 6.07) is 12.1. The summed E-state index contributed by atoms with van der Waals surface area (Å²) in [5, 5.41) is 0. The van der Waals surface area contributed by atoms with Crippen LogP contribution in [0, 0.1) is 0 Å². The summed E-state index contributed by atoms with van der Waals surface area (Å²) < 4.78 is 12.3. The summed E-state index contributed by atoms with van der Waals surface area (Å²) in [5.41, 5.74) is 9.03. The molecule has 2 rings (SSSR count). The van der Waals surface area contributed by atoms with Gasteiger partial charge in [-0.05, 0) is 35.7 Å². The zero-order chi connectivity index (χ0) is 15.2. The van der Waals surface area contributed by atoms with Gasteiger partial charge < -0.3 is 15.2 Å². The molecule has 21 heavy (non-hydrogen) atoms. The molecule has 112 valence electrons. The molecule has 2 N–H and O–H groups in total. The molecule has 0 heterocycles. The summed E-state index contributed by atoms with van der Waals surface area (Å²) >= 11 is 3.55. The normalized spacial score (nSPS) is 10.5. The number of methoxy groups -OCH3 is 1. The van der Waals surface area contributed by atoms with Crippen molar-refractivity contribution in [3.63, 3.8) is 0 Å². The number of hydrogen-bond acceptors (Lipinski definition) is 3. The minimum Gasteiger partial charge on any atom is -0.493 e. The van der Waals surface area contributed by atoms with Gasteiger partial charge in [0, 0.05) is 16.6 Å². The van der Waals surface area contributed by atoms with E-state index < -0.39 is 0 Å². The average Bonchev–Trinajstić information content (AvgIpc) is 2.53. The summed E-state index contributed by atoms with van der Waals surface area (Å²) in [4.78, 5) is 0. The van der Waals surface area contributed by atoms with Crippen molar-refractivity contribution < 1.29 is 9.47 Å². The molecule has 0 saturated heterocycles. The Morgan fingerprint density at radius 2 is 1.81 bits per heavy atom. The van der Waals surface area contributed by atoms with Crippen molar-refractivity contribution in [1.82, 2.24) is 0 Å². The molecule has 0 aliphatic rings. The first kappa shape index (κ1) is 15.9. The Morgan fingerprint density at radius 3 is 2.43 bits per heavy atom. The Balaban J connectivity index is 2.12. The predicted octanol–water partition coefficient (Wildman–Crippen LogP) is 4.06. The first-order chi connectivity index (χ1) is 10.2. The van der Waals surface area contributed by atoms with Crippen molar-refractivity contribution in [2.24, 2.45) is 5.73 Å². The van der Waals surface area contributed by atoms with Crippen LogP contribution in [-0.4, -0.2) is 7.11 Å². The highest BCUT2D eigenvalue weighted by Gasteiger charge is 2.07. The lowest BCUT2D eigenvalue weighted by Gasteiger charge is -2.13. The van der Waals surface area contributed by atoms with E-state index in [9.17, 15) is 0 Å². The van der Waals surface area contributed by atoms with Crippen molar-refractivity contribution in [1.29, 1.82) is 0 Å². The molecule has 0 fully saturated rings. The SMILES string of the molecule is CCc1ccc(OCc2ccc(CN)cc2Br)c(OC)c1. The van der Waals surface area contributed by atoms with Crippen LogP contribution in [-0.2, 0) is 19.6 Å². The third-order valence-corrected chi connectivity index (χ3v) is 4.11. The molecule has 0 bridgehead atoms. The fourth-order valence-electron chi connectivity index (χ4n) is 2.04. The van der Waals surface area contributed by atoms with Crippen LogP contribution >= 0.6 is 15.9 Å². The van der Waals surface area contributed by atoms with Gasteiger partial charge in [0.1, 0.15) is 6.61 Å². The molecular formula is C17H20BrNO2. The minimum absolute atomic E-state index is 0.479. The van der Waals surface area contributed by atoms with E-state index in [1.54, 1.807) is 7.11 Å². The zero-order valence-electron chi connectivity index (χ0n) is 12.4. The lowest BCUT2D eigenvalue weighted by molar-refractivity contribution is 0.283. The Morgan fingerprint density at radius 1 is 1.05 bits per heavy atom. The lowest BCUT2D eigenvalue weighted by Crippen LogP contribution is -2.01. The van der Waals surface area contributed by atoms with Crippen LogP contribution < -0.4 is 15.2 Å².